The molecular weight excluding hydrogens is 240 g/mol. The van der Waals surface area contributed by atoms with Gasteiger partial charge in [0.25, 0.3) is 5.91 Å². The second kappa shape index (κ2) is 5.89. The van der Waals surface area contributed by atoms with E-state index in [9.17, 15) is 4.79 Å². The molecule has 4 heteroatoms. The van der Waals surface area contributed by atoms with Crippen LogP contribution in [0.25, 0.3) is 10.9 Å². The summed E-state index contributed by atoms with van der Waals surface area (Å²) in [6.45, 7) is 4.65. The Kier molecular flexibility index (Phi) is 4.22. The van der Waals surface area contributed by atoms with E-state index >= 15 is 0 Å². The molecule has 0 saturated heterocycles. The van der Waals surface area contributed by atoms with E-state index in [-0.39, 0.29) is 11.9 Å². The fourth-order valence-corrected chi connectivity index (χ4v) is 2.02. The fourth-order valence-electron chi connectivity index (χ4n) is 2.02. The predicted octanol–water partition coefficient (Wildman–Crippen LogP) is 2.57. The smallest absolute Gasteiger partial charge is 0.268 e. The van der Waals surface area contributed by atoms with Crippen LogP contribution in [0.5, 0.6) is 0 Å². The summed E-state index contributed by atoms with van der Waals surface area (Å²) in [5.41, 5.74) is 1.56. The van der Waals surface area contributed by atoms with E-state index in [2.05, 4.69) is 24.1 Å². The van der Waals surface area contributed by atoms with Gasteiger partial charge in [0.05, 0.1) is 12.6 Å². The number of para-hydroxylation sites is 1. The molecule has 4 nitrogen and oxygen atoms in total. The van der Waals surface area contributed by atoms with Crippen LogP contribution in [0.3, 0.4) is 0 Å². The van der Waals surface area contributed by atoms with Gasteiger partial charge in [0.1, 0.15) is 5.69 Å². The Bertz CT molecular complexity index is 527. The number of carbonyl (C=O) groups is 1. The zero-order valence-electron chi connectivity index (χ0n) is 11.6. The van der Waals surface area contributed by atoms with E-state index < -0.39 is 0 Å². The van der Waals surface area contributed by atoms with Crippen LogP contribution in [0.1, 0.15) is 24.3 Å². The van der Waals surface area contributed by atoms with E-state index in [0.29, 0.717) is 18.2 Å². The van der Waals surface area contributed by atoms with E-state index in [1.807, 2.05) is 30.3 Å². The molecule has 0 spiro atoms. The number of rotatable bonds is 5. The number of aromatic amines is 1. The van der Waals surface area contributed by atoms with Crippen molar-refractivity contribution in [1.29, 1.82) is 0 Å². The molecule has 2 aromatic rings. The first-order chi connectivity index (χ1) is 9.11. The number of methoxy groups -OCH3 is 1. The van der Waals surface area contributed by atoms with Crippen LogP contribution in [-0.4, -0.2) is 30.6 Å². The molecule has 1 aromatic heterocycles. The van der Waals surface area contributed by atoms with Gasteiger partial charge in [-0.3, -0.25) is 4.79 Å². The van der Waals surface area contributed by atoms with Crippen molar-refractivity contribution in [3.63, 3.8) is 0 Å². The topological polar surface area (TPSA) is 54.1 Å². The lowest BCUT2D eigenvalue weighted by Gasteiger charge is -2.21. The molecule has 0 radical (unpaired) electrons. The number of benzene rings is 1. The average Bonchev–Trinajstić information content (AvgIpc) is 2.81. The van der Waals surface area contributed by atoms with E-state index in [1.54, 1.807) is 7.11 Å². The summed E-state index contributed by atoms with van der Waals surface area (Å²) in [6, 6.07) is 9.74. The highest BCUT2D eigenvalue weighted by molar-refractivity contribution is 5.98. The maximum Gasteiger partial charge on any atom is 0.268 e. The SMILES string of the molecule is COCC(NC(=O)c1cc2ccccc2[nH]1)C(C)C. The summed E-state index contributed by atoms with van der Waals surface area (Å²) in [6.07, 6.45) is 0. The van der Waals surface area contributed by atoms with Gasteiger partial charge in [-0.2, -0.15) is 0 Å². The van der Waals surface area contributed by atoms with Crippen molar-refractivity contribution in [2.24, 2.45) is 5.92 Å². The zero-order valence-corrected chi connectivity index (χ0v) is 11.6. The fraction of sp³-hybridized carbons (Fsp3) is 0.400. The lowest BCUT2D eigenvalue weighted by Crippen LogP contribution is -2.41. The molecule has 1 aromatic carbocycles. The summed E-state index contributed by atoms with van der Waals surface area (Å²) in [7, 11) is 1.64. The van der Waals surface area contributed by atoms with Crippen LogP contribution in [0.2, 0.25) is 0 Å². The Balaban J connectivity index is 2.14. The van der Waals surface area contributed by atoms with Crippen molar-refractivity contribution in [2.75, 3.05) is 13.7 Å². The molecule has 0 aliphatic carbocycles. The van der Waals surface area contributed by atoms with Crippen molar-refractivity contribution >= 4 is 16.8 Å². The van der Waals surface area contributed by atoms with Gasteiger partial charge in [-0.05, 0) is 18.1 Å². The van der Waals surface area contributed by atoms with Crippen LogP contribution in [-0.2, 0) is 4.74 Å². The molecule has 2 rings (SSSR count). The summed E-state index contributed by atoms with van der Waals surface area (Å²) in [5.74, 6) is 0.236. The number of amides is 1. The van der Waals surface area contributed by atoms with Crippen molar-refractivity contribution < 1.29 is 9.53 Å². The lowest BCUT2D eigenvalue weighted by atomic mass is 10.1. The highest BCUT2D eigenvalue weighted by Gasteiger charge is 2.18. The Hall–Kier alpha value is -1.81. The van der Waals surface area contributed by atoms with Gasteiger partial charge in [-0.15, -0.1) is 0 Å². The molecular formula is C15H20N2O2. The van der Waals surface area contributed by atoms with Gasteiger partial charge in [0.15, 0.2) is 0 Å². The minimum atomic E-state index is -0.0908. The predicted molar refractivity (Wildman–Crippen MR) is 76.3 cm³/mol. The Labute approximate surface area is 113 Å². The standard InChI is InChI=1S/C15H20N2O2/c1-10(2)14(9-19-3)17-15(18)13-8-11-6-4-5-7-12(11)16-13/h4-8,10,14,16H,9H2,1-3H3,(H,17,18). The largest absolute Gasteiger partial charge is 0.383 e. The number of fused-ring (bicyclic) bond motifs is 1. The van der Waals surface area contributed by atoms with Gasteiger partial charge < -0.3 is 15.0 Å². The lowest BCUT2D eigenvalue weighted by molar-refractivity contribution is 0.0862. The first-order valence-corrected chi connectivity index (χ1v) is 6.49. The van der Waals surface area contributed by atoms with Gasteiger partial charge >= 0.3 is 0 Å². The Morgan fingerprint density at radius 1 is 1.37 bits per heavy atom. The van der Waals surface area contributed by atoms with Crippen molar-refractivity contribution in [3.05, 3.63) is 36.0 Å². The molecule has 0 saturated carbocycles. The molecule has 1 atom stereocenters. The summed E-state index contributed by atoms with van der Waals surface area (Å²) in [4.78, 5) is 15.3. The highest BCUT2D eigenvalue weighted by atomic mass is 16.5. The third-order valence-corrected chi connectivity index (χ3v) is 3.24. The van der Waals surface area contributed by atoms with Gasteiger partial charge in [0, 0.05) is 18.0 Å². The Morgan fingerprint density at radius 2 is 2.11 bits per heavy atom. The monoisotopic (exact) mass is 260 g/mol. The molecule has 0 bridgehead atoms. The number of aromatic nitrogens is 1. The summed E-state index contributed by atoms with van der Waals surface area (Å²) >= 11 is 0. The van der Waals surface area contributed by atoms with Crippen LogP contribution >= 0.6 is 0 Å². The molecule has 1 heterocycles. The number of nitrogens with one attached hydrogen (secondary N) is 2. The second-order valence-corrected chi connectivity index (χ2v) is 5.05. The number of hydrogen-bond acceptors (Lipinski definition) is 2. The van der Waals surface area contributed by atoms with Gasteiger partial charge in [-0.25, -0.2) is 0 Å². The second-order valence-electron chi connectivity index (χ2n) is 5.05. The zero-order chi connectivity index (χ0) is 13.8. The van der Waals surface area contributed by atoms with Crippen LogP contribution in [0.15, 0.2) is 30.3 Å². The molecule has 19 heavy (non-hydrogen) atoms. The molecule has 2 N–H and O–H groups in total. The summed E-state index contributed by atoms with van der Waals surface area (Å²) in [5, 5.41) is 4.04. The van der Waals surface area contributed by atoms with Gasteiger partial charge in [0.2, 0.25) is 0 Å². The molecule has 102 valence electrons. The number of carbonyl (C=O) groups excluding carboxylic acids is 1. The quantitative estimate of drug-likeness (QED) is 0.868. The first-order valence-electron chi connectivity index (χ1n) is 6.49. The van der Waals surface area contributed by atoms with Crippen LogP contribution < -0.4 is 5.32 Å². The van der Waals surface area contributed by atoms with E-state index in [4.69, 9.17) is 4.74 Å². The molecule has 0 aliphatic rings. The first kappa shape index (κ1) is 13.6. The number of hydrogen-bond donors (Lipinski definition) is 2. The molecule has 1 amide bonds. The maximum atomic E-state index is 12.2. The number of H-pyrrole nitrogens is 1. The third kappa shape index (κ3) is 3.15. The maximum absolute atomic E-state index is 12.2. The minimum Gasteiger partial charge on any atom is -0.383 e. The summed E-state index contributed by atoms with van der Waals surface area (Å²) < 4.78 is 5.14. The van der Waals surface area contributed by atoms with E-state index in [1.165, 1.54) is 0 Å². The van der Waals surface area contributed by atoms with Crippen molar-refractivity contribution in [1.82, 2.24) is 10.3 Å². The molecule has 1 unspecified atom stereocenters. The van der Waals surface area contributed by atoms with Gasteiger partial charge in [-0.1, -0.05) is 32.0 Å². The average molecular weight is 260 g/mol. The van der Waals surface area contributed by atoms with Crippen LogP contribution in [0.4, 0.5) is 0 Å². The number of ether oxygens (including phenoxy) is 1. The van der Waals surface area contributed by atoms with Crippen molar-refractivity contribution in [3.8, 4) is 0 Å². The minimum absolute atomic E-state index is 0.0175. The normalized spacial score (nSPS) is 12.8. The van der Waals surface area contributed by atoms with E-state index in [0.717, 1.165) is 10.9 Å². The van der Waals surface area contributed by atoms with Crippen molar-refractivity contribution in [2.45, 2.75) is 19.9 Å². The Morgan fingerprint density at radius 3 is 2.74 bits per heavy atom. The molecule has 0 fully saturated rings. The molecule has 0 aliphatic heterocycles. The van der Waals surface area contributed by atoms with Crippen LogP contribution in [0, 0.1) is 5.92 Å². The highest BCUT2D eigenvalue weighted by Crippen LogP contribution is 2.15. The third-order valence-electron chi connectivity index (χ3n) is 3.24.